The van der Waals surface area contributed by atoms with Crippen molar-refractivity contribution < 1.29 is 4.39 Å². The Morgan fingerprint density at radius 1 is 0.865 bits per heavy atom. The van der Waals surface area contributed by atoms with Crippen LogP contribution in [0.4, 0.5) is 10.1 Å². The number of thiophene rings is 1. The lowest BCUT2D eigenvalue weighted by Crippen LogP contribution is -2.46. The first-order valence-electron chi connectivity index (χ1n) is 12.9. The Morgan fingerprint density at radius 2 is 1.62 bits per heavy atom. The Kier molecular flexibility index (Phi) is 5.55. The number of aryl methyl sites for hydroxylation is 2. The lowest BCUT2D eigenvalue weighted by Gasteiger charge is -2.35. The molecule has 1 aliphatic heterocycles. The molecule has 2 aromatic carbocycles. The van der Waals surface area contributed by atoms with Gasteiger partial charge in [0.15, 0.2) is 5.82 Å². The van der Waals surface area contributed by atoms with Crippen LogP contribution in [0.15, 0.2) is 59.4 Å². The summed E-state index contributed by atoms with van der Waals surface area (Å²) in [5, 5.41) is 10.0. The Bertz CT molecular complexity index is 1650. The van der Waals surface area contributed by atoms with E-state index in [0.717, 1.165) is 72.9 Å². The second-order valence-electron chi connectivity index (χ2n) is 9.86. The zero-order valence-corrected chi connectivity index (χ0v) is 21.3. The summed E-state index contributed by atoms with van der Waals surface area (Å²) >= 11 is 1.74. The van der Waals surface area contributed by atoms with Gasteiger partial charge in [-0.1, -0.05) is 18.2 Å². The summed E-state index contributed by atoms with van der Waals surface area (Å²) in [5.41, 5.74) is 3.07. The molecule has 7 nitrogen and oxygen atoms in total. The van der Waals surface area contributed by atoms with Crippen LogP contribution in [0.3, 0.4) is 0 Å². The van der Waals surface area contributed by atoms with Gasteiger partial charge in [-0.3, -0.25) is 14.1 Å². The normalized spacial score (nSPS) is 16.5. The summed E-state index contributed by atoms with van der Waals surface area (Å²) in [6, 6.07) is 16.5. The third-order valence-electron chi connectivity index (χ3n) is 7.63. The third kappa shape index (κ3) is 3.84. The van der Waals surface area contributed by atoms with Crippen LogP contribution in [0.5, 0.6) is 0 Å². The maximum atomic E-state index is 13.9. The standard InChI is InChI=1S/C28H27FN6OS/c29-19-10-12-20(13-11-19)33-16-14-32(15-17-33)18-24-30-31-28-34(21-6-2-1-3-7-21)26(36)25-22-8-4-5-9-23(22)37-27(25)35(24)28/h1-3,6-7,10-13H,4-5,8-9,14-18H2. The zero-order chi connectivity index (χ0) is 24.9. The van der Waals surface area contributed by atoms with E-state index in [1.165, 1.54) is 29.0 Å². The summed E-state index contributed by atoms with van der Waals surface area (Å²) in [5.74, 6) is 1.22. The molecule has 9 heteroatoms. The number of rotatable bonds is 4. The van der Waals surface area contributed by atoms with E-state index < -0.39 is 0 Å². The van der Waals surface area contributed by atoms with Gasteiger partial charge in [0.25, 0.3) is 5.56 Å². The molecule has 0 amide bonds. The van der Waals surface area contributed by atoms with Crippen LogP contribution >= 0.6 is 11.3 Å². The maximum Gasteiger partial charge on any atom is 0.268 e. The van der Waals surface area contributed by atoms with E-state index in [2.05, 4.69) is 24.4 Å². The fraction of sp³-hybridized carbons (Fsp3) is 0.321. The smallest absolute Gasteiger partial charge is 0.268 e. The number of nitrogens with zero attached hydrogens (tertiary/aromatic N) is 6. The van der Waals surface area contributed by atoms with Crippen LogP contribution in [0.25, 0.3) is 21.7 Å². The summed E-state index contributed by atoms with van der Waals surface area (Å²) < 4.78 is 17.2. The number of fused-ring (bicyclic) bond motifs is 5. The van der Waals surface area contributed by atoms with Gasteiger partial charge in [-0.15, -0.1) is 21.5 Å². The Morgan fingerprint density at radius 3 is 2.41 bits per heavy atom. The molecule has 37 heavy (non-hydrogen) atoms. The molecule has 0 spiro atoms. The molecular weight excluding hydrogens is 487 g/mol. The molecule has 7 rings (SSSR count). The molecule has 0 atom stereocenters. The van der Waals surface area contributed by atoms with E-state index in [4.69, 9.17) is 0 Å². The van der Waals surface area contributed by atoms with E-state index in [0.29, 0.717) is 12.3 Å². The van der Waals surface area contributed by atoms with Crippen LogP contribution in [0.2, 0.25) is 0 Å². The molecule has 1 fully saturated rings. The number of hydrogen-bond acceptors (Lipinski definition) is 6. The molecule has 3 aromatic heterocycles. The zero-order valence-electron chi connectivity index (χ0n) is 20.4. The molecular formula is C28H27FN6OS. The minimum absolute atomic E-state index is 0.0000350. The second-order valence-corrected chi connectivity index (χ2v) is 10.9. The first kappa shape index (κ1) is 22.6. The summed E-state index contributed by atoms with van der Waals surface area (Å²) in [4.78, 5) is 20.9. The predicted octanol–water partition coefficient (Wildman–Crippen LogP) is 4.44. The van der Waals surface area contributed by atoms with Gasteiger partial charge >= 0.3 is 0 Å². The molecule has 0 bridgehead atoms. The molecule has 0 saturated carbocycles. The van der Waals surface area contributed by atoms with Gasteiger partial charge in [-0.2, -0.15) is 0 Å². The molecule has 2 aliphatic rings. The van der Waals surface area contributed by atoms with Crippen LogP contribution < -0.4 is 10.5 Å². The van der Waals surface area contributed by atoms with Crippen molar-refractivity contribution in [2.45, 2.75) is 32.2 Å². The van der Waals surface area contributed by atoms with Crippen LogP contribution in [0, 0.1) is 5.82 Å². The van der Waals surface area contributed by atoms with Gasteiger partial charge in [0.2, 0.25) is 5.78 Å². The van der Waals surface area contributed by atoms with Gasteiger partial charge in [0, 0.05) is 36.7 Å². The lowest BCUT2D eigenvalue weighted by atomic mass is 9.97. The quantitative estimate of drug-likeness (QED) is 0.355. The van der Waals surface area contributed by atoms with E-state index in [9.17, 15) is 9.18 Å². The molecule has 188 valence electrons. The molecule has 1 aliphatic carbocycles. The third-order valence-corrected chi connectivity index (χ3v) is 8.91. The van der Waals surface area contributed by atoms with Gasteiger partial charge in [0.05, 0.1) is 17.6 Å². The number of para-hydroxylation sites is 1. The van der Waals surface area contributed by atoms with Crippen LogP contribution in [-0.4, -0.2) is 50.2 Å². The number of halogens is 1. The van der Waals surface area contributed by atoms with E-state index >= 15 is 0 Å². The van der Waals surface area contributed by atoms with Gasteiger partial charge in [0.1, 0.15) is 10.6 Å². The van der Waals surface area contributed by atoms with E-state index in [1.54, 1.807) is 15.9 Å². The Hall–Kier alpha value is -3.56. The minimum Gasteiger partial charge on any atom is -0.369 e. The summed E-state index contributed by atoms with van der Waals surface area (Å²) in [6.45, 7) is 4.12. The van der Waals surface area contributed by atoms with Gasteiger partial charge in [-0.25, -0.2) is 8.96 Å². The van der Waals surface area contributed by atoms with Crippen molar-refractivity contribution in [2.75, 3.05) is 31.1 Å². The van der Waals surface area contributed by atoms with Crippen molar-refractivity contribution in [3.63, 3.8) is 0 Å². The van der Waals surface area contributed by atoms with Crippen LogP contribution in [-0.2, 0) is 19.4 Å². The average molecular weight is 515 g/mol. The summed E-state index contributed by atoms with van der Waals surface area (Å²) in [7, 11) is 0. The van der Waals surface area contributed by atoms with Crippen molar-refractivity contribution >= 4 is 33.0 Å². The van der Waals surface area contributed by atoms with Crippen molar-refractivity contribution in [2.24, 2.45) is 0 Å². The molecule has 4 heterocycles. The fourth-order valence-electron chi connectivity index (χ4n) is 5.72. The first-order chi connectivity index (χ1) is 18.2. The van der Waals surface area contributed by atoms with Gasteiger partial charge < -0.3 is 4.90 Å². The lowest BCUT2D eigenvalue weighted by molar-refractivity contribution is 0.243. The number of aromatic nitrogens is 4. The molecule has 0 unspecified atom stereocenters. The van der Waals surface area contributed by atoms with Crippen molar-refractivity contribution in [3.8, 4) is 5.69 Å². The SMILES string of the molecule is O=c1c2c3c(sc2n2c(CN4CCN(c5ccc(F)cc5)CC4)nnc2n1-c1ccccc1)CCCC3. The highest BCUT2D eigenvalue weighted by atomic mass is 32.1. The average Bonchev–Trinajstić information content (AvgIpc) is 3.52. The van der Waals surface area contributed by atoms with Crippen molar-refractivity contribution in [3.05, 3.63) is 87.0 Å². The minimum atomic E-state index is -0.211. The molecule has 5 aromatic rings. The predicted molar refractivity (Wildman–Crippen MR) is 144 cm³/mol. The highest BCUT2D eigenvalue weighted by Crippen LogP contribution is 2.36. The highest BCUT2D eigenvalue weighted by molar-refractivity contribution is 7.18. The maximum absolute atomic E-state index is 13.9. The topological polar surface area (TPSA) is 58.7 Å². The largest absolute Gasteiger partial charge is 0.369 e. The fourth-order valence-corrected chi connectivity index (χ4v) is 7.12. The molecule has 0 radical (unpaired) electrons. The van der Waals surface area contributed by atoms with E-state index in [-0.39, 0.29) is 11.4 Å². The Balaban J connectivity index is 1.28. The summed E-state index contributed by atoms with van der Waals surface area (Å²) in [6.07, 6.45) is 4.27. The van der Waals surface area contributed by atoms with E-state index in [1.807, 2.05) is 42.5 Å². The van der Waals surface area contributed by atoms with Crippen LogP contribution in [0.1, 0.15) is 29.1 Å². The van der Waals surface area contributed by atoms with Crippen molar-refractivity contribution in [1.82, 2.24) is 24.1 Å². The highest BCUT2D eigenvalue weighted by Gasteiger charge is 2.26. The van der Waals surface area contributed by atoms with Crippen molar-refractivity contribution in [1.29, 1.82) is 0 Å². The Labute approximate surface area is 217 Å². The molecule has 0 N–H and O–H groups in total. The second kappa shape index (κ2) is 9.08. The number of benzene rings is 2. The first-order valence-corrected chi connectivity index (χ1v) is 13.7. The van der Waals surface area contributed by atoms with Gasteiger partial charge in [-0.05, 0) is 67.6 Å². The number of anilines is 1. The molecule has 1 saturated heterocycles. The monoisotopic (exact) mass is 514 g/mol. The number of piperazine rings is 1. The number of hydrogen-bond donors (Lipinski definition) is 0.